The van der Waals surface area contributed by atoms with E-state index in [0.717, 1.165) is 64.2 Å². The van der Waals surface area contributed by atoms with Crippen LogP contribution in [0.3, 0.4) is 0 Å². The second-order valence-corrected chi connectivity index (χ2v) is 6.66. The molecule has 5 nitrogen and oxygen atoms in total. The maximum absolute atomic E-state index is 12.6. The van der Waals surface area contributed by atoms with Crippen LogP contribution in [0.4, 0.5) is 0 Å². The van der Waals surface area contributed by atoms with Gasteiger partial charge in [0.05, 0.1) is 0 Å². The van der Waals surface area contributed by atoms with E-state index in [1.54, 1.807) is 0 Å². The number of nitrogens with zero attached hydrogens (tertiary/aromatic N) is 1. The first-order valence-electron chi connectivity index (χ1n) is 8.48. The van der Waals surface area contributed by atoms with Gasteiger partial charge in [0.15, 0.2) is 5.84 Å². The van der Waals surface area contributed by atoms with Gasteiger partial charge in [-0.05, 0) is 25.7 Å². The Morgan fingerprint density at radius 3 is 2.10 bits per heavy atom. The number of nitrogens with one attached hydrogen (secondary N) is 1. The molecule has 2 fully saturated rings. The average molecular weight is 295 g/mol. The van der Waals surface area contributed by atoms with Crippen molar-refractivity contribution in [3.05, 3.63) is 0 Å². The summed E-state index contributed by atoms with van der Waals surface area (Å²) in [6.45, 7) is 0. The molecule has 120 valence electrons. The summed E-state index contributed by atoms with van der Waals surface area (Å²) in [5.41, 5.74) is 5.33. The van der Waals surface area contributed by atoms with Gasteiger partial charge in [-0.3, -0.25) is 4.79 Å². The number of carbonyl (C=O) groups is 1. The van der Waals surface area contributed by atoms with Crippen molar-refractivity contribution in [3.8, 4) is 0 Å². The second-order valence-electron chi connectivity index (χ2n) is 6.66. The molecule has 2 saturated carbocycles. The van der Waals surface area contributed by atoms with E-state index in [4.69, 9.17) is 10.9 Å². The average Bonchev–Trinajstić information content (AvgIpc) is 2.50. The highest BCUT2D eigenvalue weighted by Crippen LogP contribution is 2.29. The van der Waals surface area contributed by atoms with Crippen molar-refractivity contribution in [1.82, 2.24) is 5.32 Å². The Bertz CT molecular complexity index is 368. The number of hydrogen-bond acceptors (Lipinski definition) is 3. The van der Waals surface area contributed by atoms with Crippen LogP contribution in [-0.4, -0.2) is 22.5 Å². The molecule has 2 rings (SSSR count). The standard InChI is InChI=1S/C16H29N3O2/c17-15(19-21)16(11-7-2-1-3-8-12-16)18-14(20)13-9-5-4-6-10-13/h13,21H,1-12H2,(H2,17,19)(H,18,20). The molecule has 5 heteroatoms. The van der Waals surface area contributed by atoms with Crippen molar-refractivity contribution < 1.29 is 10.0 Å². The SMILES string of the molecule is N/C(=N/O)C1(NC(=O)C2CCCCC2)CCCCCCC1. The lowest BCUT2D eigenvalue weighted by molar-refractivity contribution is -0.127. The fourth-order valence-electron chi connectivity index (χ4n) is 3.75. The number of oxime groups is 1. The van der Waals surface area contributed by atoms with Crippen LogP contribution in [0.2, 0.25) is 0 Å². The molecule has 0 atom stereocenters. The maximum atomic E-state index is 12.6. The van der Waals surface area contributed by atoms with Crippen molar-refractivity contribution in [2.45, 2.75) is 82.6 Å². The van der Waals surface area contributed by atoms with Crippen molar-refractivity contribution in [2.24, 2.45) is 16.8 Å². The summed E-state index contributed by atoms with van der Waals surface area (Å²) >= 11 is 0. The zero-order valence-corrected chi connectivity index (χ0v) is 12.9. The summed E-state index contributed by atoms with van der Waals surface area (Å²) in [6.07, 6.45) is 12.6. The lowest BCUT2D eigenvalue weighted by atomic mass is 9.81. The summed E-state index contributed by atoms with van der Waals surface area (Å²) < 4.78 is 0. The Kier molecular flexibility index (Phi) is 5.88. The van der Waals surface area contributed by atoms with Crippen LogP contribution in [-0.2, 0) is 4.79 Å². The van der Waals surface area contributed by atoms with Crippen LogP contribution < -0.4 is 11.1 Å². The molecule has 0 aromatic carbocycles. The molecule has 0 aromatic heterocycles. The normalized spacial score (nSPS) is 24.9. The number of carbonyl (C=O) groups excluding carboxylic acids is 1. The molecule has 0 saturated heterocycles. The van der Waals surface area contributed by atoms with Gasteiger partial charge >= 0.3 is 0 Å². The molecule has 0 bridgehead atoms. The number of amides is 1. The highest BCUT2D eigenvalue weighted by molar-refractivity contribution is 5.94. The van der Waals surface area contributed by atoms with Crippen LogP contribution in [0.15, 0.2) is 5.16 Å². The van der Waals surface area contributed by atoms with Crippen molar-refractivity contribution in [3.63, 3.8) is 0 Å². The molecule has 0 heterocycles. The Morgan fingerprint density at radius 1 is 1.00 bits per heavy atom. The topological polar surface area (TPSA) is 87.7 Å². The Balaban J connectivity index is 2.08. The maximum Gasteiger partial charge on any atom is 0.223 e. The minimum absolute atomic E-state index is 0.0990. The zero-order valence-electron chi connectivity index (χ0n) is 12.9. The Morgan fingerprint density at radius 2 is 1.52 bits per heavy atom. The minimum atomic E-state index is -0.635. The smallest absolute Gasteiger partial charge is 0.223 e. The van der Waals surface area contributed by atoms with Gasteiger partial charge in [0, 0.05) is 5.92 Å². The van der Waals surface area contributed by atoms with E-state index in [9.17, 15) is 4.79 Å². The number of hydrogen-bond donors (Lipinski definition) is 3. The largest absolute Gasteiger partial charge is 0.409 e. The quantitative estimate of drug-likeness (QED) is 0.324. The van der Waals surface area contributed by atoms with Crippen LogP contribution in [0, 0.1) is 5.92 Å². The third-order valence-corrected chi connectivity index (χ3v) is 5.14. The highest BCUT2D eigenvalue weighted by Gasteiger charge is 2.38. The fraction of sp³-hybridized carbons (Fsp3) is 0.875. The highest BCUT2D eigenvalue weighted by atomic mass is 16.4. The summed E-state index contributed by atoms with van der Waals surface area (Å²) in [7, 11) is 0. The van der Waals surface area contributed by atoms with E-state index < -0.39 is 5.54 Å². The van der Waals surface area contributed by atoms with E-state index in [2.05, 4.69) is 10.5 Å². The lowest BCUT2D eigenvalue weighted by Crippen LogP contribution is -2.59. The summed E-state index contributed by atoms with van der Waals surface area (Å²) in [4.78, 5) is 12.6. The molecule has 4 N–H and O–H groups in total. The Labute approximate surface area is 127 Å². The van der Waals surface area contributed by atoms with Crippen molar-refractivity contribution in [1.29, 1.82) is 0 Å². The first-order valence-corrected chi connectivity index (χ1v) is 8.48. The molecule has 0 spiro atoms. The second kappa shape index (κ2) is 7.66. The molecular weight excluding hydrogens is 266 g/mol. The summed E-state index contributed by atoms with van der Waals surface area (Å²) in [5.74, 6) is 0.378. The van der Waals surface area contributed by atoms with Gasteiger partial charge in [-0.25, -0.2) is 0 Å². The fourth-order valence-corrected chi connectivity index (χ4v) is 3.75. The van der Waals surface area contributed by atoms with E-state index in [1.807, 2.05) is 0 Å². The van der Waals surface area contributed by atoms with E-state index in [1.165, 1.54) is 12.8 Å². The van der Waals surface area contributed by atoms with Gasteiger partial charge < -0.3 is 16.3 Å². The first kappa shape index (κ1) is 16.1. The van der Waals surface area contributed by atoms with E-state index >= 15 is 0 Å². The lowest BCUT2D eigenvalue weighted by Gasteiger charge is -2.36. The third-order valence-electron chi connectivity index (χ3n) is 5.14. The van der Waals surface area contributed by atoms with E-state index in [0.29, 0.717) is 0 Å². The van der Waals surface area contributed by atoms with Gasteiger partial charge in [-0.15, -0.1) is 0 Å². The molecule has 1 amide bonds. The van der Waals surface area contributed by atoms with Crippen LogP contribution in [0.5, 0.6) is 0 Å². The number of rotatable bonds is 3. The Hall–Kier alpha value is -1.26. The van der Waals surface area contributed by atoms with Gasteiger partial charge in [-0.2, -0.15) is 0 Å². The van der Waals surface area contributed by atoms with Crippen molar-refractivity contribution in [2.75, 3.05) is 0 Å². The third kappa shape index (κ3) is 4.11. The van der Waals surface area contributed by atoms with Crippen LogP contribution in [0.1, 0.15) is 77.0 Å². The molecule has 2 aliphatic carbocycles. The van der Waals surface area contributed by atoms with Gasteiger partial charge in [-0.1, -0.05) is 56.5 Å². The predicted octanol–water partition coefficient (Wildman–Crippen LogP) is 2.91. The van der Waals surface area contributed by atoms with Crippen molar-refractivity contribution >= 4 is 11.7 Å². The van der Waals surface area contributed by atoms with Gasteiger partial charge in [0.1, 0.15) is 5.54 Å². The number of nitrogens with two attached hydrogens (primary N) is 1. The molecule has 0 aromatic rings. The molecule has 21 heavy (non-hydrogen) atoms. The molecule has 0 aliphatic heterocycles. The van der Waals surface area contributed by atoms with Gasteiger partial charge in [0.2, 0.25) is 5.91 Å². The molecule has 0 unspecified atom stereocenters. The number of amidine groups is 1. The monoisotopic (exact) mass is 295 g/mol. The summed E-state index contributed by atoms with van der Waals surface area (Å²) in [6, 6.07) is 0. The zero-order chi connectivity index (χ0) is 15.1. The minimum Gasteiger partial charge on any atom is -0.409 e. The van der Waals surface area contributed by atoms with Gasteiger partial charge in [0.25, 0.3) is 0 Å². The summed E-state index contributed by atoms with van der Waals surface area (Å²) in [5, 5.41) is 15.5. The van der Waals surface area contributed by atoms with Crippen LogP contribution >= 0.6 is 0 Å². The molecule has 2 aliphatic rings. The molecular formula is C16H29N3O2. The molecule has 0 radical (unpaired) electrons. The van der Waals surface area contributed by atoms with Crippen LogP contribution in [0.25, 0.3) is 0 Å². The van der Waals surface area contributed by atoms with E-state index in [-0.39, 0.29) is 17.7 Å². The first-order chi connectivity index (χ1) is 10.2. The predicted molar refractivity (Wildman–Crippen MR) is 83.2 cm³/mol.